The van der Waals surface area contributed by atoms with Crippen LogP contribution in [-0.4, -0.2) is 38.7 Å². The number of nitrogens with one attached hydrogen (secondary N) is 2. The highest BCUT2D eigenvalue weighted by Crippen LogP contribution is 2.43. The SMILES string of the molecule is CCNc1ccc(-c2nn(-c3ccccc3C)c3c2CCCc2nc(NC(=O)CN)sc2-3)cn1. The summed E-state index contributed by atoms with van der Waals surface area (Å²) in [6, 6.07) is 12.3. The number of carbonyl (C=O) groups excluding carboxylic acids is 1. The van der Waals surface area contributed by atoms with Gasteiger partial charge in [-0.25, -0.2) is 14.6 Å². The van der Waals surface area contributed by atoms with Crippen LogP contribution in [0.1, 0.15) is 30.2 Å². The van der Waals surface area contributed by atoms with Crippen LogP contribution in [-0.2, 0) is 17.6 Å². The Balaban J connectivity index is 1.71. The lowest BCUT2D eigenvalue weighted by Crippen LogP contribution is -2.21. The first kappa shape index (κ1) is 22.2. The predicted molar refractivity (Wildman–Crippen MR) is 137 cm³/mol. The molecule has 3 heterocycles. The monoisotopic (exact) mass is 473 g/mol. The molecule has 0 saturated heterocycles. The quantitative estimate of drug-likeness (QED) is 0.387. The number of carbonyl (C=O) groups is 1. The van der Waals surface area contributed by atoms with Gasteiger partial charge in [-0.2, -0.15) is 5.10 Å². The fourth-order valence-corrected chi connectivity index (χ4v) is 5.40. The lowest BCUT2D eigenvalue weighted by Gasteiger charge is -2.10. The fraction of sp³-hybridized carbons (Fsp3) is 0.280. The van der Waals surface area contributed by atoms with Gasteiger partial charge in [0, 0.05) is 23.9 Å². The van der Waals surface area contributed by atoms with E-state index in [-0.39, 0.29) is 12.5 Å². The molecular formula is C25H27N7OS. The van der Waals surface area contributed by atoms with Crippen molar-refractivity contribution in [2.45, 2.75) is 33.1 Å². The van der Waals surface area contributed by atoms with E-state index < -0.39 is 0 Å². The van der Waals surface area contributed by atoms with E-state index in [0.29, 0.717) is 5.13 Å². The van der Waals surface area contributed by atoms with Crippen LogP contribution in [0.2, 0.25) is 0 Å². The number of hydrogen-bond donors (Lipinski definition) is 3. The minimum absolute atomic E-state index is 0.0727. The summed E-state index contributed by atoms with van der Waals surface area (Å²) in [7, 11) is 0. The summed E-state index contributed by atoms with van der Waals surface area (Å²) in [5.41, 5.74) is 12.8. The van der Waals surface area contributed by atoms with Gasteiger partial charge < -0.3 is 16.4 Å². The van der Waals surface area contributed by atoms with Crippen molar-refractivity contribution in [2.75, 3.05) is 23.7 Å². The molecule has 0 atom stereocenters. The lowest BCUT2D eigenvalue weighted by atomic mass is 10.0. The van der Waals surface area contributed by atoms with Gasteiger partial charge in [0.2, 0.25) is 5.91 Å². The van der Waals surface area contributed by atoms with Crippen molar-refractivity contribution >= 4 is 28.2 Å². The number of nitrogens with two attached hydrogens (primary N) is 1. The molecule has 9 heteroatoms. The molecule has 0 saturated carbocycles. The number of aromatic nitrogens is 4. The molecule has 0 bridgehead atoms. The maximum absolute atomic E-state index is 11.9. The van der Waals surface area contributed by atoms with Crippen molar-refractivity contribution in [1.82, 2.24) is 19.7 Å². The number of thiazole rings is 1. The Hall–Kier alpha value is -3.56. The smallest absolute Gasteiger partial charge is 0.239 e. The van der Waals surface area contributed by atoms with Gasteiger partial charge in [0.25, 0.3) is 0 Å². The summed E-state index contributed by atoms with van der Waals surface area (Å²) in [4.78, 5) is 22.3. The topological polar surface area (TPSA) is 111 Å². The fourth-order valence-electron chi connectivity index (χ4n) is 4.31. The zero-order valence-corrected chi connectivity index (χ0v) is 20.1. The minimum atomic E-state index is -0.246. The van der Waals surface area contributed by atoms with Crippen LogP contribution in [0.4, 0.5) is 10.9 Å². The average molecular weight is 474 g/mol. The molecule has 1 aliphatic carbocycles. The number of nitrogens with zero attached hydrogens (tertiary/aromatic N) is 4. The van der Waals surface area contributed by atoms with Crippen molar-refractivity contribution < 1.29 is 4.79 Å². The van der Waals surface area contributed by atoms with Crippen LogP contribution in [0.25, 0.3) is 27.5 Å². The number of anilines is 2. The summed E-state index contributed by atoms with van der Waals surface area (Å²) in [6.45, 7) is 4.89. The maximum atomic E-state index is 11.9. The molecule has 1 aromatic carbocycles. The number of benzene rings is 1. The van der Waals surface area contributed by atoms with Crippen LogP contribution in [0.3, 0.4) is 0 Å². The summed E-state index contributed by atoms with van der Waals surface area (Å²) < 4.78 is 2.04. The normalized spacial score (nSPS) is 12.6. The third kappa shape index (κ3) is 4.08. The second-order valence-corrected chi connectivity index (χ2v) is 9.24. The van der Waals surface area contributed by atoms with E-state index in [4.69, 9.17) is 15.8 Å². The Morgan fingerprint density at radius 1 is 1.21 bits per heavy atom. The van der Waals surface area contributed by atoms with Crippen molar-refractivity contribution in [3.8, 4) is 27.5 Å². The van der Waals surface area contributed by atoms with Gasteiger partial charge in [-0.05, 0) is 56.9 Å². The van der Waals surface area contributed by atoms with Crippen molar-refractivity contribution in [2.24, 2.45) is 5.73 Å². The molecule has 0 unspecified atom stereocenters. The first-order valence-corrected chi connectivity index (χ1v) is 12.3. The number of rotatable bonds is 6. The highest BCUT2D eigenvalue weighted by atomic mass is 32.1. The van der Waals surface area contributed by atoms with Crippen molar-refractivity contribution in [3.63, 3.8) is 0 Å². The molecule has 1 aliphatic rings. The van der Waals surface area contributed by atoms with Gasteiger partial charge in [0.15, 0.2) is 5.13 Å². The van der Waals surface area contributed by atoms with Gasteiger partial charge in [-0.15, -0.1) is 0 Å². The Morgan fingerprint density at radius 3 is 2.79 bits per heavy atom. The van der Waals surface area contributed by atoms with Crippen LogP contribution >= 0.6 is 11.3 Å². The molecule has 0 radical (unpaired) electrons. The molecule has 4 aromatic rings. The second kappa shape index (κ2) is 9.36. The largest absolute Gasteiger partial charge is 0.370 e. The number of para-hydroxylation sites is 1. The second-order valence-electron chi connectivity index (χ2n) is 8.24. The van der Waals surface area contributed by atoms with E-state index in [1.807, 2.05) is 29.1 Å². The van der Waals surface area contributed by atoms with Gasteiger partial charge in [0.05, 0.1) is 34.2 Å². The third-order valence-electron chi connectivity index (χ3n) is 5.91. The van der Waals surface area contributed by atoms with Gasteiger partial charge in [-0.1, -0.05) is 29.5 Å². The van der Waals surface area contributed by atoms with E-state index >= 15 is 0 Å². The van der Waals surface area contributed by atoms with Crippen LogP contribution in [0.15, 0.2) is 42.6 Å². The van der Waals surface area contributed by atoms with E-state index in [2.05, 4.69) is 47.7 Å². The summed E-state index contributed by atoms with van der Waals surface area (Å²) in [5.74, 6) is 0.602. The molecule has 8 nitrogen and oxygen atoms in total. The summed E-state index contributed by atoms with van der Waals surface area (Å²) in [5, 5.41) is 11.8. The number of fused-ring (bicyclic) bond motifs is 3. The van der Waals surface area contributed by atoms with E-state index in [1.54, 1.807) is 0 Å². The first-order valence-electron chi connectivity index (χ1n) is 11.5. The number of hydrogen-bond acceptors (Lipinski definition) is 7. The van der Waals surface area contributed by atoms with E-state index in [0.717, 1.165) is 70.4 Å². The van der Waals surface area contributed by atoms with Gasteiger partial charge in [0.1, 0.15) is 5.82 Å². The number of aryl methyl sites for hydroxylation is 2. The average Bonchev–Trinajstić information content (AvgIpc) is 3.36. The first-order chi connectivity index (χ1) is 16.6. The van der Waals surface area contributed by atoms with E-state index in [1.165, 1.54) is 16.9 Å². The Kier molecular flexibility index (Phi) is 6.12. The van der Waals surface area contributed by atoms with Crippen LogP contribution in [0.5, 0.6) is 0 Å². The molecule has 4 N–H and O–H groups in total. The zero-order chi connectivity index (χ0) is 23.7. The standard InChI is InChI=1S/C25H27N7OS/c1-3-27-20-12-11-16(14-28-20)22-17-8-6-9-18-24(34-25(29-18)30-21(33)13-26)23(17)32(31-22)19-10-5-4-7-15(19)2/h4-5,7,10-12,14H,3,6,8-9,13,26H2,1-2H3,(H,27,28)(H,29,30,33). The number of pyridine rings is 1. The molecule has 34 heavy (non-hydrogen) atoms. The van der Waals surface area contributed by atoms with Crippen LogP contribution < -0.4 is 16.4 Å². The Labute approximate surface area is 202 Å². The van der Waals surface area contributed by atoms with Gasteiger partial charge >= 0.3 is 0 Å². The molecule has 0 fully saturated rings. The van der Waals surface area contributed by atoms with Gasteiger partial charge in [-0.3, -0.25) is 4.79 Å². The number of amides is 1. The Bertz CT molecular complexity index is 1340. The van der Waals surface area contributed by atoms with Crippen LogP contribution in [0, 0.1) is 6.92 Å². The molecule has 0 spiro atoms. The minimum Gasteiger partial charge on any atom is -0.370 e. The van der Waals surface area contributed by atoms with Crippen molar-refractivity contribution in [3.05, 3.63) is 59.4 Å². The van der Waals surface area contributed by atoms with Crippen molar-refractivity contribution in [1.29, 1.82) is 0 Å². The maximum Gasteiger partial charge on any atom is 0.239 e. The summed E-state index contributed by atoms with van der Waals surface area (Å²) in [6.07, 6.45) is 4.56. The predicted octanol–water partition coefficient (Wildman–Crippen LogP) is 4.18. The highest BCUT2D eigenvalue weighted by molar-refractivity contribution is 7.19. The molecular weight excluding hydrogens is 446 g/mol. The Morgan fingerprint density at radius 2 is 2.06 bits per heavy atom. The summed E-state index contributed by atoms with van der Waals surface area (Å²) >= 11 is 1.48. The molecule has 3 aromatic heterocycles. The van der Waals surface area contributed by atoms with E-state index in [9.17, 15) is 4.79 Å². The molecule has 0 aliphatic heterocycles. The molecule has 5 rings (SSSR count). The lowest BCUT2D eigenvalue weighted by molar-refractivity contribution is -0.114. The molecule has 174 valence electrons. The highest BCUT2D eigenvalue weighted by Gasteiger charge is 2.29. The zero-order valence-electron chi connectivity index (χ0n) is 19.3. The third-order valence-corrected chi connectivity index (χ3v) is 6.93. The molecule has 1 amide bonds.